The van der Waals surface area contributed by atoms with E-state index in [0.717, 1.165) is 12.1 Å². The maximum absolute atomic E-state index is 12.7. The minimum absolute atomic E-state index is 0.0407. The lowest BCUT2D eigenvalue weighted by atomic mass is 9.84. The Morgan fingerprint density at radius 3 is 2.45 bits per heavy atom. The SMILES string of the molecule is N#CC1=C(N)Oc2c(c(=O)oc3ccccc23)[C@H]1c1ccc(OC(F)(F)F)cc1. The van der Waals surface area contributed by atoms with Crippen LogP contribution in [0, 0.1) is 11.3 Å². The highest BCUT2D eigenvalue weighted by atomic mass is 19.4. The number of nitrogens with two attached hydrogens (primary N) is 1. The van der Waals surface area contributed by atoms with E-state index in [0.29, 0.717) is 10.9 Å². The molecule has 9 heteroatoms. The van der Waals surface area contributed by atoms with Crippen LogP contribution in [0.1, 0.15) is 17.0 Å². The van der Waals surface area contributed by atoms with E-state index in [9.17, 15) is 23.2 Å². The van der Waals surface area contributed by atoms with Crippen molar-refractivity contribution < 1.29 is 27.1 Å². The molecule has 1 aliphatic rings. The second-order valence-corrected chi connectivity index (χ2v) is 6.17. The standard InChI is InChI=1S/C20H11F3N2O4/c21-20(22,23)29-11-7-5-10(6-8-11)15-13(9-24)18(25)28-17-12-3-1-2-4-14(12)27-19(26)16(15)17/h1-8,15H,25H2/t15-/m0/s1. The number of fused-ring (bicyclic) bond motifs is 3. The fourth-order valence-corrected chi connectivity index (χ4v) is 3.26. The molecule has 0 amide bonds. The molecular weight excluding hydrogens is 389 g/mol. The van der Waals surface area contributed by atoms with Crippen LogP contribution < -0.4 is 20.8 Å². The van der Waals surface area contributed by atoms with Crippen molar-refractivity contribution in [1.29, 1.82) is 5.26 Å². The lowest BCUT2D eigenvalue weighted by Crippen LogP contribution is -2.26. The third kappa shape index (κ3) is 3.25. The van der Waals surface area contributed by atoms with Gasteiger partial charge in [-0.05, 0) is 29.8 Å². The first-order chi connectivity index (χ1) is 13.8. The molecular formula is C20H11F3N2O4. The predicted molar refractivity (Wildman–Crippen MR) is 94.9 cm³/mol. The molecule has 2 N–H and O–H groups in total. The highest BCUT2D eigenvalue weighted by molar-refractivity contribution is 5.86. The molecule has 6 nitrogen and oxygen atoms in total. The van der Waals surface area contributed by atoms with Gasteiger partial charge in [0, 0.05) is 0 Å². The molecule has 146 valence electrons. The summed E-state index contributed by atoms with van der Waals surface area (Å²) < 4.78 is 52.0. The number of allylic oxidation sites excluding steroid dienone is 1. The summed E-state index contributed by atoms with van der Waals surface area (Å²) in [4.78, 5) is 12.7. The van der Waals surface area contributed by atoms with Gasteiger partial charge in [-0.25, -0.2) is 4.79 Å². The van der Waals surface area contributed by atoms with Gasteiger partial charge in [0.2, 0.25) is 5.88 Å². The van der Waals surface area contributed by atoms with Crippen LogP contribution in [0.4, 0.5) is 13.2 Å². The van der Waals surface area contributed by atoms with Gasteiger partial charge < -0.3 is 19.6 Å². The molecule has 0 aliphatic carbocycles. The lowest BCUT2D eigenvalue weighted by Gasteiger charge is -2.26. The highest BCUT2D eigenvalue weighted by Crippen LogP contribution is 2.43. The molecule has 0 radical (unpaired) electrons. The van der Waals surface area contributed by atoms with Crippen LogP contribution in [0.3, 0.4) is 0 Å². The second kappa shape index (κ2) is 6.60. The van der Waals surface area contributed by atoms with Crippen LogP contribution in [0.25, 0.3) is 11.0 Å². The van der Waals surface area contributed by atoms with Gasteiger partial charge in [0.05, 0.1) is 16.9 Å². The summed E-state index contributed by atoms with van der Waals surface area (Å²) in [5.41, 5.74) is 5.80. The number of hydrogen-bond donors (Lipinski definition) is 1. The molecule has 2 aromatic carbocycles. The first-order valence-electron chi connectivity index (χ1n) is 8.27. The lowest BCUT2D eigenvalue weighted by molar-refractivity contribution is -0.274. The van der Waals surface area contributed by atoms with E-state index >= 15 is 0 Å². The Kier molecular flexibility index (Phi) is 4.19. The van der Waals surface area contributed by atoms with Crippen molar-refractivity contribution in [2.75, 3.05) is 0 Å². The van der Waals surface area contributed by atoms with Gasteiger partial charge in [-0.3, -0.25) is 0 Å². The van der Waals surface area contributed by atoms with E-state index in [4.69, 9.17) is 14.9 Å². The molecule has 4 rings (SSSR count). The number of hydrogen-bond acceptors (Lipinski definition) is 6. The van der Waals surface area contributed by atoms with E-state index < -0.39 is 23.7 Å². The van der Waals surface area contributed by atoms with Gasteiger partial charge in [-0.2, -0.15) is 5.26 Å². The molecule has 0 spiro atoms. The Bertz CT molecular complexity index is 1240. The molecule has 0 unspecified atom stereocenters. The molecule has 0 saturated heterocycles. The third-order valence-electron chi connectivity index (χ3n) is 4.42. The predicted octanol–water partition coefficient (Wildman–Crippen LogP) is 3.91. The van der Waals surface area contributed by atoms with E-state index in [-0.39, 0.29) is 28.4 Å². The van der Waals surface area contributed by atoms with Crippen LogP contribution >= 0.6 is 0 Å². The van der Waals surface area contributed by atoms with Crippen LogP contribution in [0.5, 0.6) is 11.5 Å². The molecule has 1 atom stereocenters. The molecule has 2 heterocycles. The molecule has 29 heavy (non-hydrogen) atoms. The van der Waals surface area contributed by atoms with E-state index in [2.05, 4.69) is 4.74 Å². The van der Waals surface area contributed by atoms with Crippen molar-refractivity contribution in [1.82, 2.24) is 0 Å². The van der Waals surface area contributed by atoms with Gasteiger partial charge in [0.25, 0.3) is 0 Å². The van der Waals surface area contributed by atoms with Crippen LogP contribution in [0.15, 0.2) is 69.2 Å². The van der Waals surface area contributed by atoms with Crippen LogP contribution in [0.2, 0.25) is 0 Å². The Balaban J connectivity index is 1.90. The van der Waals surface area contributed by atoms with E-state index in [1.807, 2.05) is 6.07 Å². The van der Waals surface area contributed by atoms with E-state index in [1.165, 1.54) is 12.1 Å². The van der Waals surface area contributed by atoms with Gasteiger partial charge in [-0.15, -0.1) is 13.2 Å². The summed E-state index contributed by atoms with van der Waals surface area (Å²) in [7, 11) is 0. The first kappa shape index (κ1) is 18.4. The molecule has 3 aromatic rings. The second-order valence-electron chi connectivity index (χ2n) is 6.17. The zero-order valence-electron chi connectivity index (χ0n) is 14.5. The van der Waals surface area contributed by atoms with Gasteiger partial charge in [0.1, 0.15) is 23.0 Å². The molecule has 1 aromatic heterocycles. The van der Waals surface area contributed by atoms with Crippen molar-refractivity contribution in [3.05, 3.63) is 81.5 Å². The van der Waals surface area contributed by atoms with Gasteiger partial charge >= 0.3 is 12.0 Å². The minimum atomic E-state index is -4.84. The maximum Gasteiger partial charge on any atom is 0.573 e. The quantitative estimate of drug-likeness (QED) is 0.655. The Labute approximate surface area is 161 Å². The first-order valence-corrected chi connectivity index (χ1v) is 8.27. The highest BCUT2D eigenvalue weighted by Gasteiger charge is 2.36. The van der Waals surface area contributed by atoms with Crippen molar-refractivity contribution in [3.8, 4) is 17.6 Å². The van der Waals surface area contributed by atoms with Crippen molar-refractivity contribution in [2.45, 2.75) is 12.3 Å². The number of rotatable bonds is 2. The summed E-state index contributed by atoms with van der Waals surface area (Å²) >= 11 is 0. The topological polar surface area (TPSA) is 98.5 Å². The summed E-state index contributed by atoms with van der Waals surface area (Å²) in [5, 5.41) is 10.0. The number of benzene rings is 2. The van der Waals surface area contributed by atoms with Crippen molar-refractivity contribution >= 4 is 11.0 Å². The molecule has 0 saturated carbocycles. The summed E-state index contributed by atoms with van der Waals surface area (Å²) in [6, 6.07) is 13.4. The minimum Gasteiger partial charge on any atom is -0.439 e. The van der Waals surface area contributed by atoms with Gasteiger partial charge in [0.15, 0.2) is 5.75 Å². The number of nitrogens with zero attached hydrogens (tertiary/aromatic N) is 1. The normalized spacial score (nSPS) is 16.1. The number of halogens is 3. The van der Waals surface area contributed by atoms with Crippen molar-refractivity contribution in [2.24, 2.45) is 5.73 Å². The Morgan fingerprint density at radius 2 is 1.79 bits per heavy atom. The zero-order chi connectivity index (χ0) is 20.8. The summed E-state index contributed by atoms with van der Waals surface area (Å²) in [5.74, 6) is -1.45. The van der Waals surface area contributed by atoms with Crippen LogP contribution in [-0.4, -0.2) is 6.36 Å². The maximum atomic E-state index is 12.7. The van der Waals surface area contributed by atoms with Gasteiger partial charge in [-0.1, -0.05) is 24.3 Å². The summed E-state index contributed by atoms with van der Waals surface area (Å²) in [6.07, 6.45) is -4.84. The molecule has 1 aliphatic heterocycles. The number of alkyl halides is 3. The monoisotopic (exact) mass is 400 g/mol. The van der Waals surface area contributed by atoms with Crippen molar-refractivity contribution in [3.63, 3.8) is 0 Å². The van der Waals surface area contributed by atoms with Crippen LogP contribution in [-0.2, 0) is 0 Å². The average Bonchev–Trinajstić information content (AvgIpc) is 2.66. The number of nitriles is 1. The third-order valence-corrected chi connectivity index (χ3v) is 4.42. The zero-order valence-corrected chi connectivity index (χ0v) is 14.5. The Morgan fingerprint density at radius 1 is 1.10 bits per heavy atom. The molecule has 0 bridgehead atoms. The smallest absolute Gasteiger partial charge is 0.439 e. The largest absolute Gasteiger partial charge is 0.573 e. The number of ether oxygens (including phenoxy) is 2. The fourth-order valence-electron chi connectivity index (χ4n) is 3.26. The molecule has 0 fully saturated rings. The summed E-state index contributed by atoms with van der Waals surface area (Å²) in [6.45, 7) is 0. The number of para-hydroxylation sites is 1. The average molecular weight is 400 g/mol. The fraction of sp³-hybridized carbons (Fsp3) is 0.100. The van der Waals surface area contributed by atoms with E-state index in [1.54, 1.807) is 24.3 Å². The Hall–Kier alpha value is -3.93.